The van der Waals surface area contributed by atoms with Gasteiger partial charge in [-0.05, 0) is 49.7 Å². The van der Waals surface area contributed by atoms with Crippen molar-refractivity contribution in [2.45, 2.75) is 26.1 Å². The summed E-state index contributed by atoms with van der Waals surface area (Å²) in [5.74, 6) is 0.513. The largest absolute Gasteiger partial charge is 0.416 e. The molecule has 0 radical (unpaired) electrons. The predicted molar refractivity (Wildman–Crippen MR) is 115 cm³/mol. The van der Waals surface area contributed by atoms with Gasteiger partial charge in [-0.1, -0.05) is 6.07 Å². The highest BCUT2D eigenvalue weighted by Crippen LogP contribution is 2.34. The second-order valence-electron chi connectivity index (χ2n) is 7.72. The third-order valence-corrected chi connectivity index (χ3v) is 5.48. The number of morpholine rings is 1. The van der Waals surface area contributed by atoms with E-state index in [0.29, 0.717) is 24.6 Å². The van der Waals surface area contributed by atoms with E-state index in [1.54, 1.807) is 6.92 Å². The fourth-order valence-corrected chi connectivity index (χ4v) is 3.78. The van der Waals surface area contributed by atoms with E-state index in [0.717, 1.165) is 47.4 Å². The van der Waals surface area contributed by atoms with E-state index < -0.39 is 17.8 Å². The molecule has 1 aromatic heterocycles. The topological polar surface area (TPSA) is 76.3 Å². The fourth-order valence-electron chi connectivity index (χ4n) is 3.78. The number of halogens is 3. The van der Waals surface area contributed by atoms with Crippen LogP contribution in [0.25, 0.3) is 10.8 Å². The second-order valence-corrected chi connectivity index (χ2v) is 7.72. The molecular weight excluding hydrogens is 407 g/mol. The summed E-state index contributed by atoms with van der Waals surface area (Å²) < 4.78 is 45.0. The van der Waals surface area contributed by atoms with Crippen molar-refractivity contribution in [1.29, 1.82) is 0 Å². The minimum atomic E-state index is -4.47. The third-order valence-electron chi connectivity index (χ3n) is 5.48. The zero-order chi connectivity index (χ0) is 22.2. The standard InChI is InChI=1S/C22H24F3N5O/c1-13(15-9-16(22(23,24)25)11-17(26)10-15)27-21-20-12-18(30-5-7-31-8-6-30)3-4-19(20)14(2)28-29-21/h3-4,9-13H,5-8,26H2,1-2H3,(H,27,29)/t13-/m1/s1. The summed E-state index contributed by atoms with van der Waals surface area (Å²) in [6.45, 7) is 6.59. The Balaban J connectivity index is 1.69. The first kappa shape index (κ1) is 21.2. The van der Waals surface area contributed by atoms with Crippen LogP contribution in [0.15, 0.2) is 36.4 Å². The molecule has 31 heavy (non-hydrogen) atoms. The third kappa shape index (κ3) is 4.51. The van der Waals surface area contributed by atoms with Gasteiger partial charge in [-0.15, -0.1) is 5.10 Å². The van der Waals surface area contributed by atoms with Crippen molar-refractivity contribution in [1.82, 2.24) is 10.2 Å². The first-order valence-electron chi connectivity index (χ1n) is 10.1. The van der Waals surface area contributed by atoms with E-state index in [-0.39, 0.29) is 5.69 Å². The van der Waals surface area contributed by atoms with E-state index in [9.17, 15) is 13.2 Å². The number of nitrogens with two attached hydrogens (primary N) is 1. The van der Waals surface area contributed by atoms with E-state index in [1.165, 1.54) is 6.07 Å². The smallest absolute Gasteiger partial charge is 0.399 e. The molecule has 2 aromatic carbocycles. The summed E-state index contributed by atoms with van der Waals surface area (Å²) in [5, 5.41) is 13.5. The lowest BCUT2D eigenvalue weighted by Crippen LogP contribution is -2.36. The second kappa shape index (κ2) is 8.22. The van der Waals surface area contributed by atoms with Crippen molar-refractivity contribution in [2.75, 3.05) is 42.3 Å². The number of alkyl halides is 3. The Morgan fingerprint density at radius 3 is 2.52 bits per heavy atom. The summed E-state index contributed by atoms with van der Waals surface area (Å²) in [7, 11) is 0. The normalized spacial score (nSPS) is 15.8. The molecule has 6 nitrogen and oxygen atoms in total. The molecule has 1 aliphatic heterocycles. The van der Waals surface area contributed by atoms with Crippen molar-refractivity contribution in [3.05, 3.63) is 53.2 Å². The maximum Gasteiger partial charge on any atom is 0.416 e. The number of nitrogens with zero attached hydrogens (tertiary/aromatic N) is 3. The Morgan fingerprint density at radius 1 is 1.06 bits per heavy atom. The number of aryl methyl sites for hydroxylation is 1. The highest BCUT2D eigenvalue weighted by molar-refractivity contribution is 5.95. The Morgan fingerprint density at radius 2 is 1.81 bits per heavy atom. The van der Waals surface area contributed by atoms with Gasteiger partial charge < -0.3 is 20.7 Å². The van der Waals surface area contributed by atoms with Crippen LogP contribution in [0, 0.1) is 6.92 Å². The maximum absolute atomic E-state index is 13.2. The van der Waals surface area contributed by atoms with Gasteiger partial charge in [0.05, 0.1) is 30.5 Å². The van der Waals surface area contributed by atoms with Crippen LogP contribution in [-0.2, 0) is 10.9 Å². The summed E-state index contributed by atoms with van der Waals surface area (Å²) in [4.78, 5) is 2.24. The van der Waals surface area contributed by atoms with Crippen LogP contribution < -0.4 is 16.0 Å². The summed E-state index contributed by atoms with van der Waals surface area (Å²) in [6, 6.07) is 9.21. The SMILES string of the molecule is Cc1nnc(N[C@H](C)c2cc(N)cc(C(F)(F)F)c2)c2cc(N3CCOCC3)ccc12. The average Bonchev–Trinajstić information content (AvgIpc) is 2.75. The predicted octanol–water partition coefficient (Wildman–Crippen LogP) is 4.55. The molecule has 1 aliphatic rings. The molecule has 1 fully saturated rings. The van der Waals surface area contributed by atoms with Gasteiger partial charge in [-0.25, -0.2) is 0 Å². The lowest BCUT2D eigenvalue weighted by Gasteiger charge is -2.29. The number of nitrogen functional groups attached to an aromatic ring is 1. The van der Waals surface area contributed by atoms with Crippen LogP contribution >= 0.6 is 0 Å². The van der Waals surface area contributed by atoms with Gasteiger partial charge in [0.15, 0.2) is 5.82 Å². The van der Waals surface area contributed by atoms with Gasteiger partial charge in [0.1, 0.15) is 0 Å². The lowest BCUT2D eigenvalue weighted by molar-refractivity contribution is -0.137. The average molecular weight is 431 g/mol. The van der Waals surface area contributed by atoms with Crippen molar-refractivity contribution in [3.8, 4) is 0 Å². The molecule has 0 amide bonds. The zero-order valence-electron chi connectivity index (χ0n) is 17.3. The molecule has 0 saturated carbocycles. The zero-order valence-corrected chi connectivity index (χ0v) is 17.3. The minimum absolute atomic E-state index is 0.0629. The van der Waals surface area contributed by atoms with Crippen LogP contribution in [0.3, 0.4) is 0 Å². The number of ether oxygens (including phenoxy) is 1. The van der Waals surface area contributed by atoms with Crippen LogP contribution in [-0.4, -0.2) is 36.5 Å². The number of fused-ring (bicyclic) bond motifs is 1. The van der Waals surface area contributed by atoms with E-state index in [4.69, 9.17) is 10.5 Å². The van der Waals surface area contributed by atoms with E-state index >= 15 is 0 Å². The van der Waals surface area contributed by atoms with Crippen molar-refractivity contribution in [3.63, 3.8) is 0 Å². The summed E-state index contributed by atoms with van der Waals surface area (Å²) >= 11 is 0. The van der Waals surface area contributed by atoms with Gasteiger partial charge in [0, 0.05) is 35.2 Å². The molecule has 0 aliphatic carbocycles. The molecule has 0 spiro atoms. The van der Waals surface area contributed by atoms with Crippen molar-refractivity contribution >= 4 is 28.0 Å². The van der Waals surface area contributed by atoms with Gasteiger partial charge in [0.25, 0.3) is 0 Å². The molecule has 3 aromatic rings. The number of hydrogen-bond donors (Lipinski definition) is 2. The van der Waals surface area contributed by atoms with Gasteiger partial charge in [0.2, 0.25) is 0 Å². The maximum atomic E-state index is 13.2. The number of anilines is 3. The Bertz CT molecular complexity index is 1100. The fraction of sp³-hybridized carbons (Fsp3) is 0.364. The molecule has 0 bridgehead atoms. The summed E-state index contributed by atoms with van der Waals surface area (Å²) in [6.07, 6.45) is -4.47. The molecule has 0 unspecified atom stereocenters. The first-order chi connectivity index (χ1) is 14.7. The van der Waals surface area contributed by atoms with Crippen LogP contribution in [0.2, 0.25) is 0 Å². The van der Waals surface area contributed by atoms with Crippen molar-refractivity contribution in [2.24, 2.45) is 0 Å². The van der Waals surface area contributed by atoms with Crippen molar-refractivity contribution < 1.29 is 17.9 Å². The summed E-state index contributed by atoms with van der Waals surface area (Å²) in [5.41, 5.74) is 7.27. The Labute approximate surface area is 178 Å². The van der Waals surface area contributed by atoms with Gasteiger partial charge in [-0.3, -0.25) is 0 Å². The number of hydrogen-bond acceptors (Lipinski definition) is 6. The Kier molecular flexibility index (Phi) is 5.62. The number of aromatic nitrogens is 2. The monoisotopic (exact) mass is 431 g/mol. The first-order valence-corrected chi connectivity index (χ1v) is 10.1. The molecule has 1 saturated heterocycles. The van der Waals surface area contributed by atoms with Crippen LogP contribution in [0.4, 0.5) is 30.4 Å². The van der Waals surface area contributed by atoms with Gasteiger partial charge >= 0.3 is 6.18 Å². The number of rotatable bonds is 4. The molecule has 164 valence electrons. The van der Waals surface area contributed by atoms with E-state index in [1.807, 2.05) is 25.1 Å². The van der Waals surface area contributed by atoms with Gasteiger partial charge in [-0.2, -0.15) is 18.3 Å². The highest BCUT2D eigenvalue weighted by atomic mass is 19.4. The number of benzene rings is 2. The number of nitrogens with one attached hydrogen (secondary N) is 1. The highest BCUT2D eigenvalue weighted by Gasteiger charge is 2.31. The van der Waals surface area contributed by atoms with Crippen LogP contribution in [0.1, 0.15) is 29.8 Å². The molecule has 2 heterocycles. The molecule has 1 atom stereocenters. The van der Waals surface area contributed by atoms with E-state index in [2.05, 4.69) is 20.4 Å². The quantitative estimate of drug-likeness (QED) is 0.591. The molecule has 9 heteroatoms. The Hall–Kier alpha value is -3.07. The lowest BCUT2D eigenvalue weighted by atomic mass is 10.0. The molecular formula is C22H24F3N5O. The minimum Gasteiger partial charge on any atom is -0.399 e. The molecule has 3 N–H and O–H groups in total. The molecule has 4 rings (SSSR count). The van der Waals surface area contributed by atoms with Crippen LogP contribution in [0.5, 0.6) is 0 Å².